The van der Waals surface area contributed by atoms with E-state index in [0.717, 1.165) is 55.6 Å². The van der Waals surface area contributed by atoms with E-state index in [4.69, 9.17) is 17.3 Å². The summed E-state index contributed by atoms with van der Waals surface area (Å²) in [6, 6.07) is 5.30. The number of hydrogen-bond donors (Lipinski definition) is 1. The Labute approximate surface area is 201 Å². The molecule has 0 bridgehead atoms. The predicted molar refractivity (Wildman–Crippen MR) is 139 cm³/mol. The van der Waals surface area contributed by atoms with E-state index in [1.165, 1.54) is 6.26 Å². The third kappa shape index (κ3) is 8.04. The SMILES string of the molecule is CC/C=C(Cl)\C(N)=C(/C(C)CCC)N(CCCC)CN(C)c1ccc(S(C)(=O)=O)cc1C. The van der Waals surface area contributed by atoms with Crippen LogP contribution in [0.25, 0.3) is 0 Å². The fourth-order valence-corrected chi connectivity index (χ4v) is 4.92. The first kappa shape index (κ1) is 28.4. The third-order valence-corrected chi connectivity index (χ3v) is 7.09. The van der Waals surface area contributed by atoms with Crippen LogP contribution in [-0.2, 0) is 9.84 Å². The molecule has 5 nitrogen and oxygen atoms in total. The van der Waals surface area contributed by atoms with E-state index in [1.54, 1.807) is 12.1 Å². The molecular weight excluding hydrogens is 442 g/mol. The van der Waals surface area contributed by atoms with Gasteiger partial charge in [-0.1, -0.05) is 58.2 Å². The molecule has 32 heavy (non-hydrogen) atoms. The first-order valence-electron chi connectivity index (χ1n) is 11.6. The molecule has 0 spiro atoms. The summed E-state index contributed by atoms with van der Waals surface area (Å²) in [5.41, 5.74) is 10.3. The largest absolute Gasteiger partial charge is 0.396 e. The number of benzene rings is 1. The smallest absolute Gasteiger partial charge is 0.175 e. The first-order valence-corrected chi connectivity index (χ1v) is 13.9. The van der Waals surface area contributed by atoms with Crippen molar-refractivity contribution in [3.05, 3.63) is 46.3 Å². The van der Waals surface area contributed by atoms with Gasteiger partial charge in [0.1, 0.15) is 0 Å². The van der Waals surface area contributed by atoms with E-state index < -0.39 is 9.84 Å². The Hall–Kier alpha value is -1.66. The summed E-state index contributed by atoms with van der Waals surface area (Å²) in [6.07, 6.45) is 8.25. The number of unbranched alkanes of at least 4 members (excludes halogenated alkanes) is 1. The van der Waals surface area contributed by atoms with Crippen LogP contribution in [0.2, 0.25) is 0 Å². The first-order chi connectivity index (χ1) is 15.0. The van der Waals surface area contributed by atoms with Crippen molar-refractivity contribution in [3.8, 4) is 0 Å². The number of hydrogen-bond acceptors (Lipinski definition) is 5. The molecular formula is C25H42ClN3O2S. The van der Waals surface area contributed by atoms with Gasteiger partial charge in [-0.25, -0.2) is 8.42 Å². The molecule has 1 unspecified atom stereocenters. The Morgan fingerprint density at radius 3 is 2.38 bits per heavy atom. The average molecular weight is 484 g/mol. The zero-order valence-corrected chi connectivity index (χ0v) is 22.5. The Morgan fingerprint density at radius 2 is 1.88 bits per heavy atom. The summed E-state index contributed by atoms with van der Waals surface area (Å²) in [6.45, 7) is 12.1. The number of allylic oxidation sites excluding steroid dienone is 3. The van der Waals surface area contributed by atoms with E-state index in [-0.39, 0.29) is 5.92 Å². The number of halogens is 1. The maximum absolute atomic E-state index is 11.9. The van der Waals surface area contributed by atoms with Crippen LogP contribution in [0.1, 0.15) is 65.4 Å². The highest BCUT2D eigenvalue weighted by Gasteiger charge is 2.22. The number of anilines is 1. The van der Waals surface area contributed by atoms with Gasteiger partial charge < -0.3 is 15.5 Å². The van der Waals surface area contributed by atoms with Crippen molar-refractivity contribution in [1.29, 1.82) is 0 Å². The Balaban J connectivity index is 3.40. The van der Waals surface area contributed by atoms with Crippen LogP contribution in [0.5, 0.6) is 0 Å². The lowest BCUT2D eigenvalue weighted by atomic mass is 9.98. The molecule has 0 fully saturated rings. The van der Waals surface area contributed by atoms with Gasteiger partial charge in [-0.3, -0.25) is 0 Å². The van der Waals surface area contributed by atoms with Crippen molar-refractivity contribution >= 4 is 27.1 Å². The maximum atomic E-state index is 11.9. The molecule has 2 N–H and O–H groups in total. The van der Waals surface area contributed by atoms with E-state index in [2.05, 4.69) is 37.5 Å². The molecule has 0 saturated heterocycles. The molecule has 0 amide bonds. The van der Waals surface area contributed by atoms with Crippen LogP contribution < -0.4 is 10.6 Å². The van der Waals surface area contributed by atoms with Crippen LogP contribution in [0, 0.1) is 12.8 Å². The molecule has 0 saturated carbocycles. The van der Waals surface area contributed by atoms with Gasteiger partial charge in [0, 0.05) is 31.2 Å². The molecule has 0 radical (unpaired) electrons. The van der Waals surface area contributed by atoms with Crippen molar-refractivity contribution < 1.29 is 8.42 Å². The third-order valence-electron chi connectivity index (χ3n) is 5.62. The topological polar surface area (TPSA) is 66.6 Å². The Kier molecular flexibility index (Phi) is 11.7. The molecule has 1 aromatic rings. The summed E-state index contributed by atoms with van der Waals surface area (Å²) >= 11 is 6.57. The molecule has 7 heteroatoms. The van der Waals surface area contributed by atoms with Crippen molar-refractivity contribution in [3.63, 3.8) is 0 Å². The van der Waals surface area contributed by atoms with Crippen LogP contribution >= 0.6 is 11.6 Å². The monoisotopic (exact) mass is 483 g/mol. The number of rotatable bonds is 13. The Bertz CT molecular complexity index is 910. The van der Waals surface area contributed by atoms with Gasteiger partial charge in [-0.2, -0.15) is 0 Å². The molecule has 0 heterocycles. The minimum atomic E-state index is -3.23. The van der Waals surface area contributed by atoms with Crippen LogP contribution in [0.15, 0.2) is 45.6 Å². The van der Waals surface area contributed by atoms with Gasteiger partial charge in [-0.05, 0) is 55.9 Å². The highest BCUT2D eigenvalue weighted by molar-refractivity contribution is 7.90. The van der Waals surface area contributed by atoms with Gasteiger partial charge in [0.2, 0.25) is 0 Å². The highest BCUT2D eigenvalue weighted by Crippen LogP contribution is 2.29. The predicted octanol–water partition coefficient (Wildman–Crippen LogP) is 6.03. The van der Waals surface area contributed by atoms with E-state index in [9.17, 15) is 8.42 Å². The molecule has 0 aliphatic rings. The summed E-state index contributed by atoms with van der Waals surface area (Å²) < 4.78 is 23.8. The second-order valence-corrected chi connectivity index (χ2v) is 11.0. The van der Waals surface area contributed by atoms with Crippen LogP contribution in [-0.4, -0.2) is 39.8 Å². The van der Waals surface area contributed by atoms with Crippen LogP contribution in [0.3, 0.4) is 0 Å². The van der Waals surface area contributed by atoms with Crippen molar-refractivity contribution in [2.24, 2.45) is 11.7 Å². The zero-order chi connectivity index (χ0) is 24.5. The average Bonchev–Trinajstić information content (AvgIpc) is 2.71. The molecule has 182 valence electrons. The zero-order valence-electron chi connectivity index (χ0n) is 20.9. The Morgan fingerprint density at radius 1 is 1.22 bits per heavy atom. The van der Waals surface area contributed by atoms with Crippen molar-refractivity contribution in [2.45, 2.75) is 71.6 Å². The second kappa shape index (κ2) is 13.1. The summed E-state index contributed by atoms with van der Waals surface area (Å²) in [4.78, 5) is 4.84. The fraction of sp³-hybridized carbons (Fsp3) is 0.600. The molecule has 0 aliphatic carbocycles. The summed E-state index contributed by atoms with van der Waals surface area (Å²) in [7, 11) is -1.20. The van der Waals surface area contributed by atoms with Crippen molar-refractivity contribution in [2.75, 3.05) is 31.4 Å². The summed E-state index contributed by atoms with van der Waals surface area (Å²) in [5.74, 6) is 0.276. The lowest BCUT2D eigenvalue weighted by Crippen LogP contribution is -2.39. The molecule has 1 aromatic carbocycles. The van der Waals surface area contributed by atoms with Gasteiger partial charge >= 0.3 is 0 Å². The number of nitrogens with zero attached hydrogens (tertiary/aromatic N) is 2. The highest BCUT2D eigenvalue weighted by atomic mass is 35.5. The van der Waals surface area contributed by atoms with Crippen molar-refractivity contribution in [1.82, 2.24) is 4.90 Å². The van der Waals surface area contributed by atoms with Gasteiger partial charge in [0.05, 0.1) is 22.3 Å². The lowest BCUT2D eigenvalue weighted by molar-refractivity contribution is 0.295. The minimum absolute atomic E-state index is 0.276. The fourth-order valence-electron chi connectivity index (χ4n) is 3.96. The molecule has 1 rings (SSSR count). The molecule has 0 aliphatic heterocycles. The second-order valence-electron chi connectivity index (χ2n) is 8.63. The standard InChI is InChI=1S/C25H42ClN3O2S/c1-8-11-16-29(25(19(4)12-9-2)24(27)22(26)13-10-3)18-28(6)23-15-14-21(17-20(23)5)32(7,30)31/h13-15,17,19H,8-12,16,18,27H2,1-7H3/b22-13+,25-24-. The number of nitrogens with two attached hydrogens (primary N) is 1. The van der Waals surface area contributed by atoms with E-state index >= 15 is 0 Å². The van der Waals surface area contributed by atoms with Gasteiger partial charge in [0.25, 0.3) is 0 Å². The minimum Gasteiger partial charge on any atom is -0.396 e. The quantitative estimate of drug-likeness (QED) is 0.274. The number of aryl methyl sites for hydroxylation is 1. The molecule has 1 atom stereocenters. The van der Waals surface area contributed by atoms with Crippen LogP contribution in [0.4, 0.5) is 5.69 Å². The van der Waals surface area contributed by atoms with E-state index in [0.29, 0.717) is 22.3 Å². The van der Waals surface area contributed by atoms with Gasteiger partial charge in [-0.15, -0.1) is 0 Å². The maximum Gasteiger partial charge on any atom is 0.175 e. The normalized spacial score (nSPS) is 14.2. The van der Waals surface area contributed by atoms with E-state index in [1.807, 2.05) is 26.1 Å². The van der Waals surface area contributed by atoms with Gasteiger partial charge in [0.15, 0.2) is 9.84 Å². The molecule has 0 aromatic heterocycles. The number of sulfone groups is 1. The lowest BCUT2D eigenvalue weighted by Gasteiger charge is -2.37. The summed E-state index contributed by atoms with van der Waals surface area (Å²) in [5, 5.41) is 0.614.